The molecule has 1 saturated carbocycles. The highest BCUT2D eigenvalue weighted by atomic mass is 19.1. The topological polar surface area (TPSA) is 65.5 Å². The zero-order valence-electron chi connectivity index (χ0n) is 12.8. The lowest BCUT2D eigenvalue weighted by atomic mass is 9.97. The second kappa shape index (κ2) is 5.18. The van der Waals surface area contributed by atoms with Gasteiger partial charge in [-0.3, -0.25) is 9.69 Å². The molecular formula is C16H19FN4O2. The molecule has 0 bridgehead atoms. The van der Waals surface area contributed by atoms with Gasteiger partial charge in [-0.2, -0.15) is 0 Å². The van der Waals surface area contributed by atoms with Crippen molar-refractivity contribution in [2.75, 3.05) is 18.0 Å². The van der Waals surface area contributed by atoms with Gasteiger partial charge in [0, 0.05) is 19.3 Å². The highest BCUT2D eigenvalue weighted by Gasteiger charge is 2.54. The van der Waals surface area contributed by atoms with Crippen molar-refractivity contribution >= 4 is 17.8 Å². The van der Waals surface area contributed by atoms with Crippen molar-refractivity contribution < 1.29 is 14.0 Å². The summed E-state index contributed by atoms with van der Waals surface area (Å²) in [6.45, 7) is 1.02. The first-order valence-corrected chi connectivity index (χ1v) is 8.12. The Labute approximate surface area is 133 Å². The second-order valence-corrected chi connectivity index (χ2v) is 6.59. The SMILES string of the molecule is O=C1NC2(CCCC2)C(=O)N1C1CCN(c2ncccc2F)C1. The molecule has 1 spiro atoms. The Kier molecular flexibility index (Phi) is 3.25. The van der Waals surface area contributed by atoms with E-state index in [0.29, 0.717) is 19.5 Å². The minimum Gasteiger partial charge on any atom is -0.352 e. The van der Waals surface area contributed by atoms with Crippen LogP contribution < -0.4 is 10.2 Å². The number of urea groups is 1. The largest absolute Gasteiger partial charge is 0.352 e. The van der Waals surface area contributed by atoms with E-state index in [1.165, 1.54) is 11.0 Å². The van der Waals surface area contributed by atoms with Crippen LogP contribution in [0.4, 0.5) is 15.0 Å². The number of nitrogens with zero attached hydrogens (tertiary/aromatic N) is 3. The van der Waals surface area contributed by atoms with E-state index in [2.05, 4.69) is 10.3 Å². The number of halogens is 1. The molecule has 122 valence electrons. The van der Waals surface area contributed by atoms with E-state index < -0.39 is 5.54 Å². The van der Waals surface area contributed by atoms with Crippen LogP contribution in [-0.4, -0.2) is 46.5 Å². The summed E-state index contributed by atoms with van der Waals surface area (Å²) in [6, 6.07) is 2.40. The lowest BCUT2D eigenvalue weighted by Gasteiger charge is -2.24. The zero-order valence-corrected chi connectivity index (χ0v) is 12.8. The average Bonchev–Trinajstić information content (AvgIpc) is 3.22. The first-order chi connectivity index (χ1) is 11.1. The van der Waals surface area contributed by atoms with Gasteiger partial charge in [0.25, 0.3) is 5.91 Å². The minimum atomic E-state index is -0.680. The predicted octanol–water partition coefficient (Wildman–Crippen LogP) is 1.66. The van der Waals surface area contributed by atoms with Crippen LogP contribution in [0.1, 0.15) is 32.1 Å². The molecule has 6 nitrogen and oxygen atoms in total. The van der Waals surface area contributed by atoms with E-state index in [-0.39, 0.29) is 29.6 Å². The summed E-state index contributed by atoms with van der Waals surface area (Å²) in [5.41, 5.74) is -0.680. The first kappa shape index (κ1) is 14.4. The van der Waals surface area contributed by atoms with Crippen molar-refractivity contribution in [3.8, 4) is 0 Å². The summed E-state index contributed by atoms with van der Waals surface area (Å²) in [7, 11) is 0. The summed E-state index contributed by atoms with van der Waals surface area (Å²) in [4.78, 5) is 32.4. The monoisotopic (exact) mass is 318 g/mol. The lowest BCUT2D eigenvalue weighted by molar-refractivity contribution is -0.132. The van der Waals surface area contributed by atoms with Gasteiger partial charge >= 0.3 is 6.03 Å². The van der Waals surface area contributed by atoms with Gasteiger partial charge in [-0.25, -0.2) is 14.2 Å². The van der Waals surface area contributed by atoms with Crippen molar-refractivity contribution in [1.82, 2.24) is 15.2 Å². The van der Waals surface area contributed by atoms with Crippen molar-refractivity contribution in [1.29, 1.82) is 0 Å². The molecule has 0 radical (unpaired) electrons. The number of carbonyl (C=O) groups is 2. The molecule has 1 aliphatic carbocycles. The van der Waals surface area contributed by atoms with Gasteiger partial charge in [-0.15, -0.1) is 0 Å². The molecular weight excluding hydrogens is 299 g/mol. The molecule has 0 aromatic carbocycles. The molecule has 3 heterocycles. The highest BCUT2D eigenvalue weighted by molar-refractivity contribution is 6.07. The Morgan fingerprint density at radius 3 is 2.83 bits per heavy atom. The second-order valence-electron chi connectivity index (χ2n) is 6.59. The van der Waals surface area contributed by atoms with Crippen LogP contribution in [-0.2, 0) is 4.79 Å². The number of hydrogen-bond donors (Lipinski definition) is 1. The van der Waals surface area contributed by atoms with E-state index in [4.69, 9.17) is 0 Å². The van der Waals surface area contributed by atoms with Crippen LogP contribution >= 0.6 is 0 Å². The average molecular weight is 318 g/mol. The van der Waals surface area contributed by atoms with E-state index in [9.17, 15) is 14.0 Å². The van der Waals surface area contributed by atoms with Crippen molar-refractivity contribution in [3.63, 3.8) is 0 Å². The Morgan fingerprint density at radius 1 is 1.30 bits per heavy atom. The van der Waals surface area contributed by atoms with Crippen LogP contribution in [0.25, 0.3) is 0 Å². The Bertz CT molecular complexity index is 659. The summed E-state index contributed by atoms with van der Waals surface area (Å²) in [5.74, 6) is -0.191. The number of aromatic nitrogens is 1. The van der Waals surface area contributed by atoms with Gasteiger partial charge in [-0.1, -0.05) is 12.8 Å². The Balaban J connectivity index is 1.53. The van der Waals surface area contributed by atoms with E-state index in [1.54, 1.807) is 17.2 Å². The number of nitrogens with one attached hydrogen (secondary N) is 1. The summed E-state index contributed by atoms with van der Waals surface area (Å²) >= 11 is 0. The number of anilines is 1. The summed E-state index contributed by atoms with van der Waals surface area (Å²) < 4.78 is 13.9. The Morgan fingerprint density at radius 2 is 2.09 bits per heavy atom. The maximum Gasteiger partial charge on any atom is 0.325 e. The third kappa shape index (κ3) is 2.17. The van der Waals surface area contributed by atoms with E-state index in [0.717, 1.165) is 25.7 Å². The lowest BCUT2D eigenvalue weighted by Crippen LogP contribution is -2.46. The van der Waals surface area contributed by atoms with Crippen molar-refractivity contribution in [2.24, 2.45) is 0 Å². The summed E-state index contributed by atoms with van der Waals surface area (Å²) in [6.07, 6.45) is 5.57. The van der Waals surface area contributed by atoms with Gasteiger partial charge in [-0.05, 0) is 31.4 Å². The molecule has 23 heavy (non-hydrogen) atoms. The molecule has 1 unspecified atom stereocenters. The van der Waals surface area contributed by atoms with Gasteiger partial charge in [0.15, 0.2) is 11.6 Å². The molecule has 2 aliphatic heterocycles. The number of rotatable bonds is 2. The van der Waals surface area contributed by atoms with Gasteiger partial charge < -0.3 is 10.2 Å². The molecule has 3 amide bonds. The molecule has 2 saturated heterocycles. The van der Waals surface area contributed by atoms with E-state index in [1.807, 2.05) is 0 Å². The molecule has 1 atom stereocenters. The van der Waals surface area contributed by atoms with Gasteiger partial charge in [0.05, 0.1) is 6.04 Å². The van der Waals surface area contributed by atoms with Gasteiger partial charge in [0.2, 0.25) is 0 Å². The van der Waals surface area contributed by atoms with Crippen LogP contribution in [0.3, 0.4) is 0 Å². The van der Waals surface area contributed by atoms with Gasteiger partial charge in [0.1, 0.15) is 5.54 Å². The minimum absolute atomic E-state index is 0.103. The molecule has 1 aromatic heterocycles. The van der Waals surface area contributed by atoms with Crippen LogP contribution in [0, 0.1) is 5.82 Å². The number of hydrogen-bond acceptors (Lipinski definition) is 4. The Hall–Kier alpha value is -2.18. The normalized spacial score (nSPS) is 26.4. The fraction of sp³-hybridized carbons (Fsp3) is 0.562. The number of pyridine rings is 1. The number of carbonyl (C=O) groups excluding carboxylic acids is 2. The molecule has 3 aliphatic rings. The van der Waals surface area contributed by atoms with E-state index >= 15 is 0 Å². The van der Waals surface area contributed by atoms with Crippen molar-refractivity contribution in [3.05, 3.63) is 24.1 Å². The van der Waals surface area contributed by atoms with Crippen LogP contribution in [0.5, 0.6) is 0 Å². The molecule has 1 aromatic rings. The first-order valence-electron chi connectivity index (χ1n) is 8.12. The number of imide groups is 1. The zero-order chi connectivity index (χ0) is 16.0. The predicted molar refractivity (Wildman–Crippen MR) is 81.4 cm³/mol. The fourth-order valence-electron chi connectivity index (χ4n) is 4.05. The smallest absolute Gasteiger partial charge is 0.325 e. The van der Waals surface area contributed by atoms with Crippen molar-refractivity contribution in [2.45, 2.75) is 43.7 Å². The third-order valence-electron chi connectivity index (χ3n) is 5.22. The maximum atomic E-state index is 13.9. The number of amides is 3. The molecule has 4 rings (SSSR count). The van der Waals surface area contributed by atoms with Crippen LogP contribution in [0.2, 0.25) is 0 Å². The maximum absolute atomic E-state index is 13.9. The fourth-order valence-corrected chi connectivity index (χ4v) is 4.05. The van der Waals surface area contributed by atoms with Crippen LogP contribution in [0.15, 0.2) is 18.3 Å². The standard InChI is InChI=1S/C16H19FN4O2/c17-12-4-3-8-18-13(12)20-9-5-11(10-20)21-14(22)16(19-15(21)23)6-1-2-7-16/h3-4,8,11H,1-2,5-7,9-10H2,(H,19,23). The summed E-state index contributed by atoms with van der Waals surface area (Å²) in [5, 5.41) is 2.90. The highest BCUT2D eigenvalue weighted by Crippen LogP contribution is 2.37. The quantitative estimate of drug-likeness (QED) is 0.842. The third-order valence-corrected chi connectivity index (χ3v) is 5.22. The molecule has 7 heteroatoms. The molecule has 1 N–H and O–H groups in total. The molecule has 3 fully saturated rings.